The molecule has 10 heteroatoms. The molecule has 30 heavy (non-hydrogen) atoms. The minimum atomic E-state index is -1.24. The molecule has 1 fully saturated rings. The molecule has 2 rings (SSSR count). The average molecular weight is 420 g/mol. The smallest absolute Gasteiger partial charge is 0.326 e. The Morgan fingerprint density at radius 1 is 1.20 bits per heavy atom. The zero-order valence-corrected chi connectivity index (χ0v) is 16.8. The van der Waals surface area contributed by atoms with Crippen LogP contribution in [0.4, 0.5) is 0 Å². The van der Waals surface area contributed by atoms with E-state index >= 15 is 0 Å². The van der Waals surface area contributed by atoms with Gasteiger partial charge >= 0.3 is 5.97 Å². The molecule has 0 aliphatic carbocycles. The fraction of sp³-hybridized carbons (Fsp3) is 0.500. The number of nitrogens with two attached hydrogens (primary N) is 1. The topological polar surface area (TPSA) is 162 Å². The molecule has 164 valence electrons. The van der Waals surface area contributed by atoms with E-state index in [0.29, 0.717) is 12.8 Å². The Kier molecular flexibility index (Phi) is 8.31. The second kappa shape index (κ2) is 10.7. The van der Waals surface area contributed by atoms with Crippen LogP contribution in [0.1, 0.15) is 25.3 Å². The number of carboxylic acid groups (broad SMARTS) is 1. The van der Waals surface area contributed by atoms with Crippen LogP contribution in [0, 0.1) is 0 Å². The number of rotatable bonds is 9. The quantitative estimate of drug-likeness (QED) is 0.329. The highest BCUT2D eigenvalue weighted by Crippen LogP contribution is 2.20. The van der Waals surface area contributed by atoms with E-state index in [1.807, 2.05) is 6.07 Å². The number of nitrogens with one attached hydrogen (secondary N) is 2. The molecular weight excluding hydrogens is 392 g/mol. The molecule has 1 aromatic rings. The second-order valence-electron chi connectivity index (χ2n) is 7.27. The molecule has 10 nitrogen and oxygen atoms in total. The number of hydrogen-bond acceptors (Lipinski definition) is 6. The monoisotopic (exact) mass is 420 g/mol. The van der Waals surface area contributed by atoms with Crippen molar-refractivity contribution in [2.24, 2.45) is 5.73 Å². The van der Waals surface area contributed by atoms with E-state index in [-0.39, 0.29) is 19.5 Å². The molecule has 1 heterocycles. The molecule has 0 saturated carbocycles. The van der Waals surface area contributed by atoms with Crippen LogP contribution in [-0.2, 0) is 25.6 Å². The van der Waals surface area contributed by atoms with Crippen molar-refractivity contribution in [3.63, 3.8) is 0 Å². The van der Waals surface area contributed by atoms with Crippen molar-refractivity contribution in [2.45, 2.75) is 50.4 Å². The van der Waals surface area contributed by atoms with Crippen LogP contribution < -0.4 is 16.4 Å². The largest absolute Gasteiger partial charge is 0.480 e. The summed E-state index contributed by atoms with van der Waals surface area (Å²) in [6.45, 7) is 1.26. The van der Waals surface area contributed by atoms with E-state index in [9.17, 15) is 29.4 Å². The predicted octanol–water partition coefficient (Wildman–Crippen LogP) is -1.39. The molecule has 4 unspecified atom stereocenters. The SMILES string of the molecule is CC(O)C(NC(=O)CN)C(=O)N1CCCC1C(=O)NC(Cc1ccccc1)C(=O)O. The van der Waals surface area contributed by atoms with Crippen molar-refractivity contribution in [1.82, 2.24) is 15.5 Å². The number of carbonyl (C=O) groups excluding carboxylic acids is 3. The lowest BCUT2D eigenvalue weighted by Gasteiger charge is -2.30. The lowest BCUT2D eigenvalue weighted by molar-refractivity contribution is -0.145. The molecule has 0 aromatic heterocycles. The Morgan fingerprint density at radius 3 is 2.43 bits per heavy atom. The van der Waals surface area contributed by atoms with Gasteiger partial charge in [-0.3, -0.25) is 14.4 Å². The van der Waals surface area contributed by atoms with Crippen LogP contribution in [0.5, 0.6) is 0 Å². The Balaban J connectivity index is 2.10. The summed E-state index contributed by atoms with van der Waals surface area (Å²) in [6, 6.07) is 5.62. The van der Waals surface area contributed by atoms with Gasteiger partial charge in [0.1, 0.15) is 18.1 Å². The van der Waals surface area contributed by atoms with Gasteiger partial charge in [-0.15, -0.1) is 0 Å². The number of nitrogens with zero attached hydrogens (tertiary/aromatic N) is 1. The van der Waals surface area contributed by atoms with Crippen molar-refractivity contribution in [3.8, 4) is 0 Å². The van der Waals surface area contributed by atoms with Gasteiger partial charge in [0.15, 0.2) is 0 Å². The van der Waals surface area contributed by atoms with Gasteiger partial charge in [-0.2, -0.15) is 0 Å². The minimum absolute atomic E-state index is 0.103. The molecule has 6 N–H and O–H groups in total. The fourth-order valence-corrected chi connectivity index (χ4v) is 3.42. The number of carbonyl (C=O) groups is 4. The van der Waals surface area contributed by atoms with Crippen molar-refractivity contribution >= 4 is 23.7 Å². The van der Waals surface area contributed by atoms with Crippen LogP contribution in [0.3, 0.4) is 0 Å². The van der Waals surface area contributed by atoms with Crippen molar-refractivity contribution in [1.29, 1.82) is 0 Å². The molecule has 0 spiro atoms. The fourth-order valence-electron chi connectivity index (χ4n) is 3.42. The number of carboxylic acids is 1. The van der Waals surface area contributed by atoms with Gasteiger partial charge in [0.05, 0.1) is 12.6 Å². The summed E-state index contributed by atoms with van der Waals surface area (Å²) in [5.41, 5.74) is 6.01. The first-order chi connectivity index (χ1) is 14.2. The maximum absolute atomic E-state index is 12.9. The molecule has 0 bridgehead atoms. The summed E-state index contributed by atoms with van der Waals surface area (Å²) < 4.78 is 0. The van der Waals surface area contributed by atoms with Gasteiger partial charge in [0.2, 0.25) is 17.7 Å². The van der Waals surface area contributed by atoms with Crippen molar-refractivity contribution in [2.75, 3.05) is 13.1 Å². The summed E-state index contributed by atoms with van der Waals surface area (Å²) in [5, 5.41) is 24.3. The molecular formula is C20H28N4O6. The number of aliphatic carboxylic acids is 1. The van der Waals surface area contributed by atoms with E-state index < -0.39 is 47.9 Å². The van der Waals surface area contributed by atoms with E-state index in [2.05, 4.69) is 10.6 Å². The van der Waals surface area contributed by atoms with Gasteiger partial charge in [0, 0.05) is 13.0 Å². The predicted molar refractivity (Wildman–Crippen MR) is 107 cm³/mol. The molecule has 4 atom stereocenters. The third-order valence-electron chi connectivity index (χ3n) is 4.99. The first kappa shape index (κ1) is 23.3. The van der Waals surface area contributed by atoms with E-state index in [0.717, 1.165) is 5.56 Å². The molecule has 3 amide bonds. The zero-order valence-electron chi connectivity index (χ0n) is 16.8. The average Bonchev–Trinajstić information content (AvgIpc) is 3.21. The summed E-state index contributed by atoms with van der Waals surface area (Å²) in [5.74, 6) is -2.98. The summed E-state index contributed by atoms with van der Waals surface area (Å²) in [7, 11) is 0. The number of aliphatic hydroxyl groups is 1. The molecule has 1 saturated heterocycles. The Hall–Kier alpha value is -2.98. The van der Waals surface area contributed by atoms with Crippen LogP contribution in [-0.4, -0.2) is 76.1 Å². The van der Waals surface area contributed by atoms with Gasteiger partial charge in [-0.1, -0.05) is 30.3 Å². The zero-order chi connectivity index (χ0) is 22.3. The minimum Gasteiger partial charge on any atom is -0.480 e. The van der Waals surface area contributed by atoms with Crippen molar-refractivity contribution in [3.05, 3.63) is 35.9 Å². The summed E-state index contributed by atoms with van der Waals surface area (Å²) in [6.07, 6.45) is -0.197. The van der Waals surface area contributed by atoms with Gasteiger partial charge in [0.25, 0.3) is 0 Å². The third-order valence-corrected chi connectivity index (χ3v) is 4.99. The molecule has 1 aliphatic rings. The van der Waals surface area contributed by atoms with Crippen LogP contribution in [0.2, 0.25) is 0 Å². The summed E-state index contributed by atoms with van der Waals surface area (Å²) >= 11 is 0. The maximum Gasteiger partial charge on any atom is 0.326 e. The lowest BCUT2D eigenvalue weighted by atomic mass is 10.0. The Bertz CT molecular complexity index is 770. The second-order valence-corrected chi connectivity index (χ2v) is 7.27. The van der Waals surface area contributed by atoms with Gasteiger partial charge < -0.3 is 31.5 Å². The van der Waals surface area contributed by atoms with E-state index in [4.69, 9.17) is 5.73 Å². The number of hydrogen-bond donors (Lipinski definition) is 5. The van der Waals surface area contributed by atoms with Crippen LogP contribution >= 0.6 is 0 Å². The summed E-state index contributed by atoms with van der Waals surface area (Å²) in [4.78, 5) is 50.2. The third kappa shape index (κ3) is 6.01. The number of amides is 3. The first-order valence-corrected chi connectivity index (χ1v) is 9.79. The maximum atomic E-state index is 12.9. The first-order valence-electron chi connectivity index (χ1n) is 9.79. The highest BCUT2D eigenvalue weighted by Gasteiger charge is 2.40. The molecule has 1 aliphatic heterocycles. The van der Waals surface area contributed by atoms with E-state index in [1.54, 1.807) is 24.3 Å². The van der Waals surface area contributed by atoms with Crippen LogP contribution in [0.25, 0.3) is 0 Å². The number of benzene rings is 1. The lowest BCUT2D eigenvalue weighted by Crippen LogP contribution is -2.58. The standard InChI is InChI=1S/C20H28N4O6/c1-12(25)17(23-16(26)11-21)19(28)24-9-5-8-15(24)18(27)22-14(20(29)30)10-13-6-3-2-4-7-13/h2-4,6-7,12,14-15,17,25H,5,8-11,21H2,1H3,(H,22,27)(H,23,26)(H,29,30). The highest BCUT2D eigenvalue weighted by atomic mass is 16.4. The number of aliphatic hydroxyl groups excluding tert-OH is 1. The number of likely N-dealkylation sites (tertiary alicyclic amines) is 1. The van der Waals surface area contributed by atoms with Crippen molar-refractivity contribution < 1.29 is 29.4 Å². The Labute approximate surface area is 174 Å². The van der Waals surface area contributed by atoms with Gasteiger partial charge in [-0.25, -0.2) is 4.79 Å². The van der Waals surface area contributed by atoms with E-state index in [1.165, 1.54) is 11.8 Å². The van der Waals surface area contributed by atoms with Gasteiger partial charge in [-0.05, 0) is 25.3 Å². The highest BCUT2D eigenvalue weighted by molar-refractivity contribution is 5.94. The Morgan fingerprint density at radius 2 is 1.87 bits per heavy atom. The van der Waals surface area contributed by atoms with Crippen LogP contribution in [0.15, 0.2) is 30.3 Å². The normalized spacial score (nSPS) is 18.9. The molecule has 1 aromatic carbocycles. The molecule has 0 radical (unpaired) electrons.